The SMILES string of the molecule is COc1cc(=O)n(C)c(Nc2ccc(I)cc2F)c1NS(=O)(=O)C1CC1c1ccc(F)cc1F. The van der Waals surface area contributed by atoms with Crippen LogP contribution in [0.1, 0.15) is 17.9 Å². The number of hydrogen-bond donors (Lipinski definition) is 2. The maximum absolute atomic E-state index is 14.5. The van der Waals surface area contributed by atoms with Crippen molar-refractivity contribution in [3.05, 3.63) is 79.4 Å². The fourth-order valence-corrected chi connectivity index (χ4v) is 5.79. The Morgan fingerprint density at radius 2 is 1.82 bits per heavy atom. The summed E-state index contributed by atoms with van der Waals surface area (Å²) in [4.78, 5) is 12.4. The zero-order valence-corrected chi connectivity index (χ0v) is 20.9. The molecule has 1 aromatic heterocycles. The Morgan fingerprint density at radius 3 is 2.47 bits per heavy atom. The lowest BCUT2D eigenvalue weighted by Crippen LogP contribution is -2.25. The van der Waals surface area contributed by atoms with E-state index in [0.29, 0.717) is 9.64 Å². The number of methoxy groups -OCH3 is 1. The number of aromatic nitrogens is 1. The fraction of sp³-hybridized carbons (Fsp3) is 0.227. The number of benzene rings is 2. The van der Waals surface area contributed by atoms with Crippen LogP contribution in [0.5, 0.6) is 5.75 Å². The van der Waals surface area contributed by atoms with Gasteiger partial charge in [-0.1, -0.05) is 6.07 Å². The second-order valence-electron chi connectivity index (χ2n) is 7.78. The molecule has 0 bridgehead atoms. The number of nitrogens with one attached hydrogen (secondary N) is 2. The highest BCUT2D eigenvalue weighted by atomic mass is 127. The molecule has 34 heavy (non-hydrogen) atoms. The van der Waals surface area contributed by atoms with Gasteiger partial charge in [0.15, 0.2) is 5.75 Å². The molecule has 12 heteroatoms. The molecule has 0 spiro atoms. The summed E-state index contributed by atoms with van der Waals surface area (Å²) in [5.41, 5.74) is -0.510. The first-order valence-electron chi connectivity index (χ1n) is 9.98. The smallest absolute Gasteiger partial charge is 0.255 e. The number of hydrogen-bond acceptors (Lipinski definition) is 5. The number of halogens is 4. The molecule has 0 radical (unpaired) electrons. The van der Waals surface area contributed by atoms with Crippen LogP contribution in [0.15, 0.2) is 47.3 Å². The fourth-order valence-electron chi connectivity index (χ4n) is 3.66. The monoisotopic (exact) mass is 605 g/mol. The first-order valence-corrected chi connectivity index (χ1v) is 12.6. The van der Waals surface area contributed by atoms with E-state index < -0.39 is 44.2 Å². The Labute approximate surface area is 207 Å². The molecule has 2 unspecified atom stereocenters. The zero-order chi connectivity index (χ0) is 24.8. The predicted octanol–water partition coefficient (Wildman–Crippen LogP) is 4.46. The van der Waals surface area contributed by atoms with Crippen molar-refractivity contribution < 1.29 is 26.3 Å². The highest BCUT2D eigenvalue weighted by Gasteiger charge is 2.49. The average molecular weight is 605 g/mol. The Kier molecular flexibility index (Phi) is 6.55. The van der Waals surface area contributed by atoms with Crippen LogP contribution in [0.4, 0.5) is 30.4 Å². The Bertz CT molecular complexity index is 1450. The lowest BCUT2D eigenvalue weighted by Gasteiger charge is -2.20. The first kappa shape index (κ1) is 24.4. The number of nitrogens with zero attached hydrogens (tertiary/aromatic N) is 1. The van der Waals surface area contributed by atoms with Crippen molar-refractivity contribution in [2.45, 2.75) is 17.6 Å². The maximum Gasteiger partial charge on any atom is 0.255 e. The minimum absolute atomic E-state index is 0.0156. The summed E-state index contributed by atoms with van der Waals surface area (Å²) in [6.07, 6.45) is 0.125. The van der Waals surface area contributed by atoms with Crippen molar-refractivity contribution in [3.63, 3.8) is 0 Å². The van der Waals surface area contributed by atoms with Gasteiger partial charge in [-0.2, -0.15) is 0 Å². The van der Waals surface area contributed by atoms with Gasteiger partial charge in [-0.15, -0.1) is 0 Å². The third-order valence-electron chi connectivity index (χ3n) is 5.54. The molecule has 2 N–H and O–H groups in total. The van der Waals surface area contributed by atoms with Crippen LogP contribution in [-0.2, 0) is 17.1 Å². The summed E-state index contributed by atoms with van der Waals surface area (Å²) in [6.45, 7) is 0. The van der Waals surface area contributed by atoms with Crippen LogP contribution in [0, 0.1) is 21.0 Å². The molecule has 4 rings (SSSR count). The van der Waals surface area contributed by atoms with E-state index in [0.717, 1.165) is 16.7 Å². The van der Waals surface area contributed by atoms with Crippen molar-refractivity contribution in [3.8, 4) is 5.75 Å². The topological polar surface area (TPSA) is 89.4 Å². The van der Waals surface area contributed by atoms with E-state index in [1.807, 2.05) is 22.6 Å². The van der Waals surface area contributed by atoms with Crippen molar-refractivity contribution in [1.29, 1.82) is 0 Å². The quantitative estimate of drug-likeness (QED) is 0.389. The van der Waals surface area contributed by atoms with Crippen LogP contribution in [-0.4, -0.2) is 25.3 Å². The molecule has 7 nitrogen and oxygen atoms in total. The van der Waals surface area contributed by atoms with E-state index in [1.54, 1.807) is 6.07 Å². The van der Waals surface area contributed by atoms with Gasteiger partial charge in [0.2, 0.25) is 10.0 Å². The molecular weight excluding hydrogens is 586 g/mol. The third-order valence-corrected chi connectivity index (χ3v) is 8.02. The van der Waals surface area contributed by atoms with Gasteiger partial charge in [0.05, 0.1) is 18.0 Å². The highest BCUT2D eigenvalue weighted by Crippen LogP contribution is 2.48. The molecule has 180 valence electrons. The van der Waals surface area contributed by atoms with Crippen molar-refractivity contribution in [2.24, 2.45) is 7.05 Å². The number of pyridine rings is 1. The first-order chi connectivity index (χ1) is 16.0. The molecule has 2 atom stereocenters. The minimum Gasteiger partial charge on any atom is -0.494 e. The van der Waals surface area contributed by atoms with Crippen molar-refractivity contribution in [2.75, 3.05) is 17.1 Å². The minimum atomic E-state index is -4.10. The molecule has 0 aliphatic heterocycles. The molecular formula is C22H19F3IN3O4S. The number of rotatable bonds is 7. The van der Waals surface area contributed by atoms with Crippen molar-refractivity contribution >= 4 is 49.8 Å². The lowest BCUT2D eigenvalue weighted by atomic mass is 10.1. The van der Waals surface area contributed by atoms with Gasteiger partial charge in [-0.3, -0.25) is 14.1 Å². The van der Waals surface area contributed by atoms with E-state index >= 15 is 0 Å². The van der Waals surface area contributed by atoms with Crippen molar-refractivity contribution in [1.82, 2.24) is 4.57 Å². The second-order valence-corrected chi connectivity index (χ2v) is 10.9. The lowest BCUT2D eigenvalue weighted by molar-refractivity contribution is 0.415. The zero-order valence-electron chi connectivity index (χ0n) is 17.9. The van der Waals surface area contributed by atoms with Gasteiger partial charge < -0.3 is 10.1 Å². The Hall–Kier alpha value is -2.74. The van der Waals surface area contributed by atoms with Crippen LogP contribution < -0.4 is 20.3 Å². The van der Waals surface area contributed by atoms with Crippen LogP contribution >= 0.6 is 22.6 Å². The molecule has 1 aliphatic carbocycles. The van der Waals surface area contributed by atoms with Gasteiger partial charge in [0.25, 0.3) is 5.56 Å². The maximum atomic E-state index is 14.5. The second kappa shape index (κ2) is 9.13. The van der Waals surface area contributed by atoms with Gasteiger partial charge in [0.1, 0.15) is 29.0 Å². The Balaban J connectivity index is 1.71. The van der Waals surface area contributed by atoms with Gasteiger partial charge in [-0.05, 0) is 58.8 Å². The molecule has 1 saturated carbocycles. The van der Waals surface area contributed by atoms with Gasteiger partial charge >= 0.3 is 0 Å². The summed E-state index contributed by atoms with van der Waals surface area (Å²) >= 11 is 1.94. The standard InChI is InChI=1S/C22H19F3IN3O4S/c1-29-20(30)10-18(33-2)21(22(29)27-17-6-4-12(26)8-16(17)25)28-34(31,32)19-9-14(19)13-5-3-11(23)7-15(13)24/h3-8,10,14,19,27-28H,9H2,1-2H3. The van der Waals surface area contributed by atoms with E-state index in [-0.39, 0.29) is 34.9 Å². The number of sulfonamides is 1. The van der Waals surface area contributed by atoms with E-state index in [4.69, 9.17) is 4.74 Å². The summed E-state index contributed by atoms with van der Waals surface area (Å²) < 4.78 is 77.6. The predicted molar refractivity (Wildman–Crippen MR) is 131 cm³/mol. The van der Waals surface area contributed by atoms with E-state index in [2.05, 4.69) is 10.0 Å². The normalized spacial score (nSPS) is 17.4. The molecule has 1 aliphatic rings. The summed E-state index contributed by atoms with van der Waals surface area (Å²) in [5.74, 6) is -2.97. The number of anilines is 3. The van der Waals surface area contributed by atoms with E-state index in [1.165, 1.54) is 32.4 Å². The van der Waals surface area contributed by atoms with Crippen LogP contribution in [0.2, 0.25) is 0 Å². The largest absolute Gasteiger partial charge is 0.494 e. The molecule has 1 heterocycles. The van der Waals surface area contributed by atoms with Gasteiger partial charge in [-0.25, -0.2) is 21.6 Å². The Morgan fingerprint density at radius 1 is 1.09 bits per heavy atom. The molecule has 2 aromatic carbocycles. The van der Waals surface area contributed by atoms with E-state index in [9.17, 15) is 26.4 Å². The summed E-state index contributed by atoms with van der Waals surface area (Å²) in [6, 6.07) is 8.46. The van der Waals surface area contributed by atoms with Crippen LogP contribution in [0.3, 0.4) is 0 Å². The van der Waals surface area contributed by atoms with Gasteiger partial charge in [0, 0.05) is 28.7 Å². The average Bonchev–Trinajstić information content (AvgIpc) is 3.56. The summed E-state index contributed by atoms with van der Waals surface area (Å²) in [5, 5.41) is 1.78. The number of ether oxygens (including phenoxy) is 1. The molecule has 0 amide bonds. The molecule has 0 saturated heterocycles. The third kappa shape index (κ3) is 4.73. The molecule has 1 fully saturated rings. The van der Waals surface area contributed by atoms with Crippen LogP contribution in [0.25, 0.3) is 0 Å². The summed E-state index contributed by atoms with van der Waals surface area (Å²) in [7, 11) is -1.45. The highest BCUT2D eigenvalue weighted by molar-refractivity contribution is 14.1. The molecule has 3 aromatic rings.